The number of amides is 2. The topological polar surface area (TPSA) is 118 Å². The highest BCUT2D eigenvalue weighted by Crippen LogP contribution is 2.30. The van der Waals surface area contributed by atoms with Crippen LogP contribution in [-0.2, 0) is 20.1 Å². The van der Waals surface area contributed by atoms with Gasteiger partial charge in [0, 0.05) is 31.2 Å². The fourth-order valence-electron chi connectivity index (χ4n) is 5.03. The van der Waals surface area contributed by atoms with Crippen LogP contribution in [0.3, 0.4) is 0 Å². The van der Waals surface area contributed by atoms with Crippen molar-refractivity contribution in [2.24, 2.45) is 7.05 Å². The normalized spacial score (nSPS) is 13.0. The molecule has 230 valence electrons. The summed E-state index contributed by atoms with van der Waals surface area (Å²) in [7, 11) is 1.38. The Morgan fingerprint density at radius 3 is 2.11 bits per heavy atom. The van der Waals surface area contributed by atoms with Gasteiger partial charge in [0.05, 0.1) is 17.7 Å². The van der Waals surface area contributed by atoms with Crippen LogP contribution < -0.4 is 20.7 Å². The van der Waals surface area contributed by atoms with Gasteiger partial charge in [-0.2, -0.15) is 4.98 Å². The molecule has 0 fully saturated rings. The van der Waals surface area contributed by atoms with Crippen molar-refractivity contribution in [1.29, 1.82) is 0 Å². The first-order valence-corrected chi connectivity index (χ1v) is 13.7. The van der Waals surface area contributed by atoms with Crippen LogP contribution in [0, 0.1) is 0 Å². The van der Waals surface area contributed by atoms with E-state index in [1.807, 2.05) is 0 Å². The van der Waals surface area contributed by atoms with Gasteiger partial charge in [0.25, 0.3) is 17.4 Å². The molecule has 0 bridgehead atoms. The molecule has 1 aliphatic heterocycles. The number of benzene rings is 3. The molecule has 15 heteroatoms. The predicted molar refractivity (Wildman–Crippen MR) is 155 cm³/mol. The number of aryl methyl sites for hydroxylation is 1. The molecule has 6 rings (SSSR count). The van der Waals surface area contributed by atoms with E-state index in [0.717, 1.165) is 26.2 Å². The van der Waals surface area contributed by atoms with Gasteiger partial charge in [-0.1, -0.05) is 41.9 Å². The summed E-state index contributed by atoms with van der Waals surface area (Å²) in [4.78, 5) is 58.3. The van der Waals surface area contributed by atoms with E-state index in [1.54, 1.807) is 36.4 Å². The number of carbonyl (C=O) groups excluding carboxylic acids is 2. The zero-order chi connectivity index (χ0) is 32.0. The molecule has 5 aromatic rings. The number of fused-ring (bicyclic) bond motifs is 2. The summed E-state index contributed by atoms with van der Waals surface area (Å²) in [5.41, 5.74) is -0.566. The molecule has 0 aliphatic carbocycles. The average Bonchev–Trinajstić information content (AvgIpc) is 3.46. The fourth-order valence-corrected chi connectivity index (χ4v) is 5.15. The minimum atomic E-state index is -4.93. The van der Waals surface area contributed by atoms with E-state index in [2.05, 4.69) is 9.72 Å². The summed E-state index contributed by atoms with van der Waals surface area (Å²) in [5, 5.41) is 0.463. The van der Waals surface area contributed by atoms with Crippen LogP contribution in [0.1, 0.15) is 26.3 Å². The van der Waals surface area contributed by atoms with Gasteiger partial charge in [-0.3, -0.25) is 33.0 Å². The number of carbonyl (C=O) groups is 2. The van der Waals surface area contributed by atoms with E-state index in [4.69, 9.17) is 16.3 Å². The van der Waals surface area contributed by atoms with Crippen molar-refractivity contribution in [2.45, 2.75) is 19.5 Å². The Morgan fingerprint density at radius 2 is 1.47 bits per heavy atom. The average molecular weight is 640 g/mol. The van der Waals surface area contributed by atoms with Gasteiger partial charge in [-0.15, -0.1) is 13.2 Å². The molecule has 0 spiro atoms. The Balaban J connectivity index is 1.42. The van der Waals surface area contributed by atoms with Crippen molar-refractivity contribution in [1.82, 2.24) is 23.6 Å². The number of rotatable bonds is 8. The molecule has 0 radical (unpaired) electrons. The number of imide groups is 1. The molecule has 45 heavy (non-hydrogen) atoms. The number of nitrogens with zero attached hydrogens (tertiary/aromatic N) is 5. The molecular weight excluding hydrogens is 619 g/mol. The zero-order valence-electron chi connectivity index (χ0n) is 23.2. The van der Waals surface area contributed by atoms with Crippen LogP contribution in [-0.4, -0.2) is 48.3 Å². The Kier molecular flexibility index (Phi) is 7.44. The van der Waals surface area contributed by atoms with Crippen LogP contribution >= 0.6 is 11.6 Å². The van der Waals surface area contributed by atoms with Gasteiger partial charge < -0.3 is 9.47 Å². The molecule has 0 N–H and O–H groups in total. The molecule has 3 heterocycles. The lowest BCUT2D eigenvalue weighted by atomic mass is 10.1. The van der Waals surface area contributed by atoms with Crippen LogP contribution in [0.25, 0.3) is 11.2 Å². The smallest absolute Gasteiger partial charge is 0.425 e. The summed E-state index contributed by atoms with van der Waals surface area (Å²) in [5.74, 6) is -1.70. The quantitative estimate of drug-likeness (QED) is 0.228. The van der Waals surface area contributed by atoms with Gasteiger partial charge in [0.2, 0.25) is 0 Å². The second kappa shape index (κ2) is 11.3. The summed E-state index contributed by atoms with van der Waals surface area (Å²) in [6, 6.07) is 17.5. The first-order valence-electron chi connectivity index (χ1n) is 13.3. The minimum absolute atomic E-state index is 0.00636. The van der Waals surface area contributed by atoms with E-state index < -0.39 is 35.2 Å². The Hall–Kier alpha value is -5.37. The second-order valence-corrected chi connectivity index (χ2v) is 10.4. The Bertz CT molecular complexity index is 2070. The third kappa shape index (κ3) is 5.67. The number of aromatic nitrogens is 4. The molecule has 11 nitrogen and oxygen atoms in total. The molecule has 0 unspecified atom stereocenters. The Labute approximate surface area is 256 Å². The van der Waals surface area contributed by atoms with E-state index in [1.165, 1.54) is 35.9 Å². The monoisotopic (exact) mass is 639 g/mol. The number of halogens is 4. The molecule has 3 aromatic carbocycles. The Morgan fingerprint density at radius 1 is 0.822 bits per heavy atom. The van der Waals surface area contributed by atoms with Crippen molar-refractivity contribution in [3.8, 4) is 17.5 Å². The summed E-state index contributed by atoms with van der Waals surface area (Å²) >= 11 is 6.03. The van der Waals surface area contributed by atoms with Crippen molar-refractivity contribution in [2.75, 3.05) is 6.54 Å². The minimum Gasteiger partial charge on any atom is -0.425 e. The highest BCUT2D eigenvalue weighted by molar-refractivity contribution is 6.30. The van der Waals surface area contributed by atoms with Crippen LogP contribution in [0.5, 0.6) is 17.5 Å². The second-order valence-electron chi connectivity index (χ2n) is 10.0. The molecule has 0 atom stereocenters. The van der Waals surface area contributed by atoms with Gasteiger partial charge in [-0.05, 0) is 42.0 Å². The third-order valence-corrected chi connectivity index (χ3v) is 7.38. The van der Waals surface area contributed by atoms with Gasteiger partial charge in [-0.25, -0.2) is 4.79 Å². The molecule has 1 aliphatic rings. The van der Waals surface area contributed by atoms with E-state index >= 15 is 0 Å². The van der Waals surface area contributed by atoms with Gasteiger partial charge >= 0.3 is 18.1 Å². The van der Waals surface area contributed by atoms with Crippen LogP contribution in [0.4, 0.5) is 13.2 Å². The highest BCUT2D eigenvalue weighted by atomic mass is 35.5. The van der Waals surface area contributed by atoms with Gasteiger partial charge in [0.15, 0.2) is 11.2 Å². The summed E-state index contributed by atoms with van der Waals surface area (Å²) in [6.45, 7) is -0.576. The van der Waals surface area contributed by atoms with Crippen molar-refractivity contribution >= 4 is 34.6 Å². The maximum absolute atomic E-state index is 13.9. The summed E-state index contributed by atoms with van der Waals surface area (Å²) < 4.78 is 51.6. The maximum atomic E-state index is 13.9. The van der Waals surface area contributed by atoms with Gasteiger partial charge in [0.1, 0.15) is 11.5 Å². The SMILES string of the molecule is Cn1c(=O)n(CCN2C(=O)c3ccccc3C2=O)c(=O)c2c1nc(Oc1cccc(OC(F)(F)F)c1)n2Cc1ccc(Cl)cc1. The predicted octanol–water partition coefficient (Wildman–Crippen LogP) is 4.59. The number of alkyl halides is 3. The number of hydrogen-bond donors (Lipinski definition) is 0. The lowest BCUT2D eigenvalue weighted by Crippen LogP contribution is -2.43. The fraction of sp³-hybridized carbons (Fsp3) is 0.167. The van der Waals surface area contributed by atoms with E-state index in [0.29, 0.717) is 10.6 Å². The molecule has 2 aromatic heterocycles. The highest BCUT2D eigenvalue weighted by Gasteiger charge is 2.35. The molecular formula is C30H21ClF3N5O6. The van der Waals surface area contributed by atoms with Crippen molar-refractivity contribution in [3.05, 3.63) is 115 Å². The van der Waals surface area contributed by atoms with Crippen LogP contribution in [0.15, 0.2) is 82.4 Å². The van der Waals surface area contributed by atoms with E-state index in [-0.39, 0.29) is 53.7 Å². The maximum Gasteiger partial charge on any atom is 0.573 e. The largest absolute Gasteiger partial charge is 0.573 e. The number of imidazole rings is 1. The summed E-state index contributed by atoms with van der Waals surface area (Å²) in [6.07, 6.45) is -4.93. The number of hydrogen-bond acceptors (Lipinski definition) is 7. The first kappa shape index (κ1) is 29.7. The lowest BCUT2D eigenvalue weighted by Gasteiger charge is -2.15. The molecule has 2 amide bonds. The van der Waals surface area contributed by atoms with Crippen molar-refractivity contribution in [3.63, 3.8) is 0 Å². The zero-order valence-corrected chi connectivity index (χ0v) is 24.0. The van der Waals surface area contributed by atoms with E-state index in [9.17, 15) is 32.3 Å². The van der Waals surface area contributed by atoms with Crippen molar-refractivity contribution < 1.29 is 32.2 Å². The lowest BCUT2D eigenvalue weighted by molar-refractivity contribution is -0.274. The molecule has 0 saturated heterocycles. The standard InChI is InChI=1S/C30H21ClF3N5O6/c1-36-24-23(27(42)38(29(36)43)14-13-37-25(40)21-7-2-3-8-22(21)26(37)41)39(16-17-9-11-18(31)12-10-17)28(35-24)44-19-5-4-6-20(15-19)45-30(32,33)34/h2-12,15H,13-14,16H2,1H3. The van der Waals surface area contributed by atoms with Crippen LogP contribution in [0.2, 0.25) is 5.02 Å². The third-order valence-electron chi connectivity index (χ3n) is 7.12. The number of ether oxygens (including phenoxy) is 2. The first-order chi connectivity index (χ1) is 21.4. The molecule has 0 saturated carbocycles.